The monoisotopic (exact) mass is 476 g/mol. The minimum Gasteiger partial charge on any atom is -0.379 e. The third-order valence-corrected chi connectivity index (χ3v) is 5.20. The van der Waals surface area contributed by atoms with E-state index in [0.717, 1.165) is 51.0 Å². The lowest BCUT2D eigenvalue weighted by Gasteiger charge is -2.32. The van der Waals surface area contributed by atoms with Gasteiger partial charge in [-0.1, -0.05) is 40.0 Å². The molecule has 0 heterocycles. The van der Waals surface area contributed by atoms with Crippen LogP contribution >= 0.6 is 0 Å². The number of hydrogen-bond donors (Lipinski definition) is 0. The Bertz CT molecular complexity index is 620. The van der Waals surface area contributed by atoms with E-state index in [4.69, 9.17) is 22.6 Å². The number of rotatable bonds is 20. The third kappa shape index (κ3) is 16.4. The summed E-state index contributed by atoms with van der Waals surface area (Å²) in [5.74, 6) is 0. The second-order valence-corrected chi connectivity index (χ2v) is 10.5. The molecule has 0 fully saturated rings. The van der Waals surface area contributed by atoms with E-state index in [2.05, 4.69) is 0 Å². The lowest BCUT2D eigenvalue weighted by molar-refractivity contribution is -0.138. The Morgan fingerprint density at radius 1 is 0.667 bits per heavy atom. The molecular formula is C19H40O9S2. The SMILES string of the molecule is CCCCOC[C@@H](OS(C)(=O)=O)[C@H](OCCCC)[C@H](COS(C)(=O)=O)OCCCC. The van der Waals surface area contributed by atoms with Crippen molar-refractivity contribution in [3.8, 4) is 0 Å². The molecule has 0 aromatic carbocycles. The van der Waals surface area contributed by atoms with Crippen LogP contribution in [0, 0.1) is 0 Å². The predicted molar refractivity (Wildman–Crippen MR) is 116 cm³/mol. The molecule has 30 heavy (non-hydrogen) atoms. The van der Waals surface area contributed by atoms with Gasteiger partial charge in [-0.25, -0.2) is 0 Å². The van der Waals surface area contributed by atoms with Crippen LogP contribution in [0.15, 0.2) is 0 Å². The van der Waals surface area contributed by atoms with E-state index in [0.29, 0.717) is 19.8 Å². The molecule has 0 bridgehead atoms. The molecule has 0 saturated heterocycles. The van der Waals surface area contributed by atoms with Gasteiger partial charge in [0.25, 0.3) is 20.2 Å². The minimum absolute atomic E-state index is 0.0314. The van der Waals surface area contributed by atoms with E-state index in [-0.39, 0.29) is 13.2 Å². The maximum Gasteiger partial charge on any atom is 0.264 e. The quantitative estimate of drug-likeness (QED) is 0.193. The summed E-state index contributed by atoms with van der Waals surface area (Å²) in [6.07, 6.45) is 4.17. The van der Waals surface area contributed by atoms with Gasteiger partial charge in [0.15, 0.2) is 0 Å². The number of unbranched alkanes of at least 4 members (excludes halogenated alkanes) is 3. The van der Waals surface area contributed by atoms with Crippen LogP contribution in [0.25, 0.3) is 0 Å². The highest BCUT2D eigenvalue weighted by Crippen LogP contribution is 2.18. The molecule has 3 atom stereocenters. The zero-order valence-electron chi connectivity index (χ0n) is 19.0. The third-order valence-electron chi connectivity index (χ3n) is 4.04. The van der Waals surface area contributed by atoms with Gasteiger partial charge in [-0.05, 0) is 19.3 Å². The molecule has 0 aliphatic heterocycles. The minimum atomic E-state index is -3.82. The van der Waals surface area contributed by atoms with Crippen LogP contribution in [0.3, 0.4) is 0 Å². The van der Waals surface area contributed by atoms with Crippen molar-refractivity contribution in [3.63, 3.8) is 0 Å². The van der Waals surface area contributed by atoms with Crippen LogP contribution in [0.2, 0.25) is 0 Å². The van der Waals surface area contributed by atoms with Crippen molar-refractivity contribution in [1.82, 2.24) is 0 Å². The Morgan fingerprint density at radius 2 is 1.20 bits per heavy atom. The normalized spacial score (nSPS) is 15.8. The van der Waals surface area contributed by atoms with Crippen molar-refractivity contribution < 1.29 is 39.4 Å². The van der Waals surface area contributed by atoms with Gasteiger partial charge in [0.05, 0.1) is 25.7 Å². The first kappa shape index (κ1) is 29.7. The molecule has 0 aliphatic rings. The van der Waals surface area contributed by atoms with Gasteiger partial charge in [0.2, 0.25) is 0 Å². The number of hydrogen-bond acceptors (Lipinski definition) is 9. The van der Waals surface area contributed by atoms with Gasteiger partial charge >= 0.3 is 0 Å². The molecule has 0 spiro atoms. The van der Waals surface area contributed by atoms with Crippen LogP contribution in [0.5, 0.6) is 0 Å². The molecule has 0 saturated carbocycles. The maximum absolute atomic E-state index is 11.9. The molecule has 11 heteroatoms. The zero-order valence-corrected chi connectivity index (χ0v) is 20.6. The Kier molecular flexibility index (Phi) is 16.2. The standard InChI is InChI=1S/C19H40O9S2/c1-6-9-12-24-15-18(28-30(5,22)23)19(26-14-11-8-3)17(25-13-10-7-2)16-27-29(4,20)21/h17-19H,6-16H2,1-5H3/t17-,18+,19+/m0/s1. The summed E-state index contributed by atoms with van der Waals surface area (Å²) < 4.78 is 74.4. The van der Waals surface area contributed by atoms with Crippen molar-refractivity contribution in [2.45, 2.75) is 77.6 Å². The van der Waals surface area contributed by atoms with Crippen LogP contribution in [-0.4, -0.2) is 80.7 Å². The Labute approximate surface area is 183 Å². The summed E-state index contributed by atoms with van der Waals surface area (Å²) in [4.78, 5) is 0. The van der Waals surface area contributed by atoms with E-state index in [1.807, 2.05) is 20.8 Å². The first-order valence-electron chi connectivity index (χ1n) is 10.6. The number of ether oxygens (including phenoxy) is 3. The smallest absolute Gasteiger partial charge is 0.264 e. The summed E-state index contributed by atoms with van der Waals surface area (Å²) in [7, 11) is -7.54. The lowest BCUT2D eigenvalue weighted by Crippen LogP contribution is -2.48. The molecule has 0 aromatic heterocycles. The predicted octanol–water partition coefficient (Wildman–Crippen LogP) is 2.49. The average molecular weight is 477 g/mol. The molecule has 0 N–H and O–H groups in total. The van der Waals surface area contributed by atoms with Gasteiger partial charge < -0.3 is 14.2 Å². The Balaban J connectivity index is 5.62. The van der Waals surface area contributed by atoms with Crippen LogP contribution < -0.4 is 0 Å². The summed E-state index contributed by atoms with van der Waals surface area (Å²) in [5, 5.41) is 0. The average Bonchev–Trinajstić information content (AvgIpc) is 2.63. The maximum atomic E-state index is 11.9. The second-order valence-electron chi connectivity index (χ2n) is 7.21. The van der Waals surface area contributed by atoms with E-state index < -0.39 is 38.5 Å². The summed E-state index contributed by atoms with van der Waals surface area (Å²) in [5.41, 5.74) is 0. The van der Waals surface area contributed by atoms with Gasteiger partial charge in [-0.3, -0.25) is 8.37 Å². The molecule has 0 aliphatic carbocycles. The second kappa shape index (κ2) is 16.3. The highest BCUT2D eigenvalue weighted by molar-refractivity contribution is 7.86. The van der Waals surface area contributed by atoms with Gasteiger partial charge in [0, 0.05) is 19.8 Å². The van der Waals surface area contributed by atoms with Crippen molar-refractivity contribution in [3.05, 3.63) is 0 Å². The fourth-order valence-electron chi connectivity index (χ4n) is 2.47. The molecule has 0 rings (SSSR count). The summed E-state index contributed by atoms with van der Waals surface area (Å²) in [6.45, 7) is 6.81. The molecule has 9 nitrogen and oxygen atoms in total. The first-order chi connectivity index (χ1) is 14.0. The van der Waals surface area contributed by atoms with E-state index in [9.17, 15) is 16.8 Å². The van der Waals surface area contributed by atoms with Crippen molar-refractivity contribution in [1.29, 1.82) is 0 Å². The molecule has 0 amide bonds. The van der Waals surface area contributed by atoms with Crippen LogP contribution in [0.1, 0.15) is 59.3 Å². The topological polar surface area (TPSA) is 114 Å². The van der Waals surface area contributed by atoms with Gasteiger partial charge in [0.1, 0.15) is 18.3 Å². The fraction of sp³-hybridized carbons (Fsp3) is 1.00. The molecule has 182 valence electrons. The molecular weight excluding hydrogens is 436 g/mol. The molecule has 0 unspecified atom stereocenters. The van der Waals surface area contributed by atoms with Crippen LogP contribution in [0.4, 0.5) is 0 Å². The van der Waals surface area contributed by atoms with Crippen molar-refractivity contribution >= 4 is 20.2 Å². The summed E-state index contributed by atoms with van der Waals surface area (Å²) >= 11 is 0. The fourth-order valence-corrected chi connectivity index (χ4v) is 3.47. The lowest BCUT2D eigenvalue weighted by atomic mass is 10.1. The Morgan fingerprint density at radius 3 is 1.70 bits per heavy atom. The Hall–Kier alpha value is -0.300. The first-order valence-corrected chi connectivity index (χ1v) is 14.2. The molecule has 0 aromatic rings. The van der Waals surface area contributed by atoms with Gasteiger partial charge in [-0.15, -0.1) is 0 Å². The summed E-state index contributed by atoms with van der Waals surface area (Å²) in [6, 6.07) is 0. The van der Waals surface area contributed by atoms with E-state index in [1.165, 1.54) is 0 Å². The zero-order chi connectivity index (χ0) is 23.0. The van der Waals surface area contributed by atoms with Crippen LogP contribution in [-0.2, 0) is 42.8 Å². The van der Waals surface area contributed by atoms with Gasteiger partial charge in [-0.2, -0.15) is 16.8 Å². The van der Waals surface area contributed by atoms with Crippen molar-refractivity contribution in [2.75, 3.05) is 45.5 Å². The van der Waals surface area contributed by atoms with E-state index >= 15 is 0 Å². The van der Waals surface area contributed by atoms with Crippen molar-refractivity contribution in [2.24, 2.45) is 0 Å². The molecule has 0 radical (unpaired) electrons. The highest BCUT2D eigenvalue weighted by atomic mass is 32.2. The van der Waals surface area contributed by atoms with E-state index in [1.54, 1.807) is 0 Å². The highest BCUT2D eigenvalue weighted by Gasteiger charge is 2.35. The largest absolute Gasteiger partial charge is 0.379 e.